The second-order valence-electron chi connectivity index (χ2n) is 7.18. The van der Waals surface area contributed by atoms with E-state index in [-0.39, 0.29) is 0 Å². The van der Waals surface area contributed by atoms with Crippen LogP contribution in [-0.2, 0) is 10.8 Å². The van der Waals surface area contributed by atoms with Crippen molar-refractivity contribution >= 4 is 10.8 Å². The van der Waals surface area contributed by atoms with Crippen molar-refractivity contribution in [3.05, 3.63) is 0 Å². The average molecular weight is 302 g/mol. The summed E-state index contributed by atoms with van der Waals surface area (Å²) in [7, 11) is -0.660. The van der Waals surface area contributed by atoms with Crippen LogP contribution in [0.4, 0.5) is 0 Å². The van der Waals surface area contributed by atoms with E-state index in [9.17, 15) is 4.21 Å². The summed E-state index contributed by atoms with van der Waals surface area (Å²) >= 11 is 0. The zero-order valence-corrected chi connectivity index (χ0v) is 15.0. The van der Waals surface area contributed by atoms with Gasteiger partial charge in [0.1, 0.15) is 0 Å². The Morgan fingerprint density at radius 3 is 2.45 bits per heavy atom. The summed E-state index contributed by atoms with van der Waals surface area (Å²) in [5.41, 5.74) is 0. The molecule has 1 N–H and O–H groups in total. The Kier molecular flexibility index (Phi) is 8.35. The minimum absolute atomic E-state index is 0.376. The quantitative estimate of drug-likeness (QED) is 0.735. The molecule has 1 aliphatic rings. The fourth-order valence-electron chi connectivity index (χ4n) is 3.12. The molecular formula is C17H35NOS. The van der Waals surface area contributed by atoms with Gasteiger partial charge in [0.15, 0.2) is 0 Å². The minimum Gasteiger partial charge on any atom is -0.313 e. The predicted octanol–water partition coefficient (Wildman–Crippen LogP) is 3.97. The highest BCUT2D eigenvalue weighted by Gasteiger charge is 2.34. The Bertz CT molecular complexity index is 291. The zero-order valence-electron chi connectivity index (χ0n) is 14.2. The van der Waals surface area contributed by atoms with Crippen LogP contribution in [0.15, 0.2) is 0 Å². The lowest BCUT2D eigenvalue weighted by atomic mass is 9.79. The van der Waals surface area contributed by atoms with E-state index in [1.807, 2.05) is 0 Å². The summed E-state index contributed by atoms with van der Waals surface area (Å²) < 4.78 is 12.7. The van der Waals surface area contributed by atoms with Crippen LogP contribution in [0.5, 0.6) is 0 Å². The van der Waals surface area contributed by atoms with Gasteiger partial charge in [-0.15, -0.1) is 0 Å². The smallest absolute Gasteiger partial charge is 0.0503 e. The summed E-state index contributed by atoms with van der Waals surface area (Å²) in [6, 6.07) is 0.484. The lowest BCUT2D eigenvalue weighted by molar-refractivity contribution is 0.243. The molecule has 1 aliphatic carbocycles. The lowest BCUT2D eigenvalue weighted by Crippen LogP contribution is -2.47. The van der Waals surface area contributed by atoms with Gasteiger partial charge >= 0.3 is 0 Å². The molecule has 1 rings (SSSR count). The Morgan fingerprint density at radius 1 is 1.20 bits per heavy atom. The van der Waals surface area contributed by atoms with E-state index < -0.39 is 10.8 Å². The van der Waals surface area contributed by atoms with Crippen LogP contribution >= 0.6 is 0 Å². The van der Waals surface area contributed by atoms with Gasteiger partial charge in [0.25, 0.3) is 0 Å². The van der Waals surface area contributed by atoms with Gasteiger partial charge in [0.05, 0.1) is 5.25 Å². The summed E-state index contributed by atoms with van der Waals surface area (Å²) in [5, 5.41) is 4.03. The zero-order chi connectivity index (χ0) is 15.1. The molecule has 1 fully saturated rings. The lowest BCUT2D eigenvalue weighted by Gasteiger charge is -2.38. The highest BCUT2D eigenvalue weighted by molar-refractivity contribution is 7.85. The Hall–Kier alpha value is 0.110. The molecule has 20 heavy (non-hydrogen) atoms. The van der Waals surface area contributed by atoms with Gasteiger partial charge in [-0.2, -0.15) is 0 Å². The largest absolute Gasteiger partial charge is 0.313 e. The Labute approximate surface area is 128 Å². The van der Waals surface area contributed by atoms with Crippen molar-refractivity contribution in [1.82, 2.24) is 5.32 Å². The molecule has 1 saturated carbocycles. The van der Waals surface area contributed by atoms with Crippen LogP contribution in [-0.4, -0.2) is 27.8 Å². The van der Waals surface area contributed by atoms with Crippen LogP contribution in [0.1, 0.15) is 66.7 Å². The molecule has 4 atom stereocenters. The number of hydrogen-bond acceptors (Lipinski definition) is 2. The van der Waals surface area contributed by atoms with E-state index >= 15 is 0 Å². The molecule has 0 amide bonds. The minimum atomic E-state index is -0.660. The van der Waals surface area contributed by atoms with Crippen molar-refractivity contribution in [2.24, 2.45) is 17.8 Å². The number of nitrogens with one attached hydrogen (secondary N) is 1. The maximum Gasteiger partial charge on any atom is 0.0503 e. The van der Waals surface area contributed by atoms with E-state index in [1.165, 1.54) is 12.8 Å². The van der Waals surface area contributed by atoms with Crippen LogP contribution < -0.4 is 5.32 Å². The molecule has 0 saturated heterocycles. The third kappa shape index (κ3) is 5.85. The Balaban J connectivity index is 2.62. The predicted molar refractivity (Wildman–Crippen MR) is 90.5 cm³/mol. The molecule has 4 unspecified atom stereocenters. The van der Waals surface area contributed by atoms with E-state index in [4.69, 9.17) is 0 Å². The van der Waals surface area contributed by atoms with Gasteiger partial charge in [-0.05, 0) is 56.4 Å². The third-order valence-electron chi connectivity index (χ3n) is 4.67. The summed E-state index contributed by atoms with van der Waals surface area (Å²) in [4.78, 5) is 0. The topological polar surface area (TPSA) is 29.1 Å². The number of hydrogen-bond donors (Lipinski definition) is 1. The van der Waals surface area contributed by atoms with Crippen LogP contribution in [0.2, 0.25) is 0 Å². The fourth-order valence-corrected chi connectivity index (χ4v) is 5.19. The van der Waals surface area contributed by atoms with Gasteiger partial charge in [0.2, 0.25) is 0 Å². The maximum atomic E-state index is 12.7. The number of rotatable bonds is 8. The molecule has 0 spiro atoms. The van der Waals surface area contributed by atoms with Crippen molar-refractivity contribution < 1.29 is 4.21 Å². The molecule has 3 heteroatoms. The van der Waals surface area contributed by atoms with E-state index in [0.717, 1.165) is 43.4 Å². The molecule has 0 heterocycles. The first-order chi connectivity index (χ1) is 9.45. The molecule has 0 aromatic carbocycles. The molecule has 0 aromatic heterocycles. The van der Waals surface area contributed by atoms with Crippen LogP contribution in [0.3, 0.4) is 0 Å². The van der Waals surface area contributed by atoms with Gasteiger partial charge in [-0.1, -0.05) is 34.6 Å². The first-order valence-corrected chi connectivity index (χ1v) is 9.94. The first kappa shape index (κ1) is 18.2. The second-order valence-corrected chi connectivity index (χ2v) is 8.96. The summed E-state index contributed by atoms with van der Waals surface area (Å²) in [5.74, 6) is 3.04. The average Bonchev–Trinajstić information content (AvgIpc) is 2.42. The standard InChI is InChI=1S/C17H35NOS/c1-6-10-18-16-8-7-15(14(4)5)12-17(16)20(19)11-9-13(2)3/h13-18H,6-12H2,1-5H3. The fraction of sp³-hybridized carbons (Fsp3) is 1.00. The van der Waals surface area contributed by atoms with E-state index in [2.05, 4.69) is 39.9 Å². The molecule has 0 aliphatic heterocycles. The van der Waals surface area contributed by atoms with Crippen molar-refractivity contribution in [2.75, 3.05) is 12.3 Å². The monoisotopic (exact) mass is 301 g/mol. The van der Waals surface area contributed by atoms with Crippen LogP contribution in [0, 0.1) is 17.8 Å². The van der Waals surface area contributed by atoms with Gasteiger partial charge < -0.3 is 5.32 Å². The summed E-state index contributed by atoms with van der Waals surface area (Å²) in [6.45, 7) is 12.4. The van der Waals surface area contributed by atoms with Crippen LogP contribution in [0.25, 0.3) is 0 Å². The molecular weight excluding hydrogens is 266 g/mol. The molecule has 0 aromatic rings. The van der Waals surface area contributed by atoms with Crippen molar-refractivity contribution in [3.8, 4) is 0 Å². The van der Waals surface area contributed by atoms with E-state index in [1.54, 1.807) is 0 Å². The summed E-state index contributed by atoms with van der Waals surface area (Å²) in [6.07, 6.45) is 5.92. The van der Waals surface area contributed by atoms with Crippen molar-refractivity contribution in [2.45, 2.75) is 78.0 Å². The van der Waals surface area contributed by atoms with Crippen molar-refractivity contribution in [1.29, 1.82) is 0 Å². The van der Waals surface area contributed by atoms with Gasteiger partial charge in [-0.3, -0.25) is 4.21 Å². The van der Waals surface area contributed by atoms with E-state index in [0.29, 0.717) is 17.2 Å². The van der Waals surface area contributed by atoms with Crippen molar-refractivity contribution in [3.63, 3.8) is 0 Å². The SMILES string of the molecule is CCCNC1CCC(C(C)C)CC1S(=O)CCC(C)C. The second kappa shape index (κ2) is 9.19. The highest BCUT2D eigenvalue weighted by Crippen LogP contribution is 2.33. The molecule has 0 radical (unpaired) electrons. The normalized spacial score (nSPS) is 29.1. The molecule has 120 valence electrons. The third-order valence-corrected chi connectivity index (χ3v) is 6.50. The highest BCUT2D eigenvalue weighted by atomic mass is 32.2. The molecule has 0 bridgehead atoms. The van der Waals surface area contributed by atoms with Gasteiger partial charge in [0, 0.05) is 22.6 Å². The maximum absolute atomic E-state index is 12.7. The Morgan fingerprint density at radius 2 is 1.90 bits per heavy atom. The van der Waals surface area contributed by atoms with Gasteiger partial charge in [-0.25, -0.2) is 0 Å². The molecule has 2 nitrogen and oxygen atoms in total. The first-order valence-electron chi connectivity index (χ1n) is 8.56.